The van der Waals surface area contributed by atoms with Crippen molar-refractivity contribution in [3.8, 4) is 0 Å². The van der Waals surface area contributed by atoms with E-state index in [4.69, 9.17) is 9.66 Å². The van der Waals surface area contributed by atoms with Crippen LogP contribution in [0.5, 0.6) is 0 Å². The van der Waals surface area contributed by atoms with Crippen molar-refractivity contribution in [1.82, 2.24) is 5.32 Å². The van der Waals surface area contributed by atoms with Crippen molar-refractivity contribution in [2.24, 2.45) is 5.92 Å². The summed E-state index contributed by atoms with van der Waals surface area (Å²) in [5, 5.41) is 11.7. The lowest BCUT2D eigenvalue weighted by molar-refractivity contribution is -0.140. The number of aliphatic carboxylic acids is 1. The maximum absolute atomic E-state index is 10.9. The van der Waals surface area contributed by atoms with Crippen LogP contribution in [0.15, 0.2) is 0 Å². The standard InChI is InChI=1S/C9H19NO5S/c1-3-7(2)8(9(11)12)10-5-4-6-16(13,14)15/h7-8,10H,3-6H2,1-2H3,(H,11,12)(H,13,14,15)/t7?,8-/m0/s1. The quantitative estimate of drug-likeness (QED) is 0.426. The van der Waals surface area contributed by atoms with Crippen molar-refractivity contribution >= 4 is 16.1 Å². The Morgan fingerprint density at radius 2 is 2.00 bits per heavy atom. The van der Waals surface area contributed by atoms with E-state index >= 15 is 0 Å². The largest absolute Gasteiger partial charge is 0.480 e. The van der Waals surface area contributed by atoms with Crippen LogP contribution >= 0.6 is 0 Å². The fourth-order valence-corrected chi connectivity index (χ4v) is 1.79. The average molecular weight is 253 g/mol. The van der Waals surface area contributed by atoms with Gasteiger partial charge in [0.2, 0.25) is 0 Å². The number of hydrogen-bond donors (Lipinski definition) is 3. The Labute approximate surface area is 95.8 Å². The average Bonchev–Trinajstić information content (AvgIpc) is 2.14. The van der Waals surface area contributed by atoms with E-state index in [0.29, 0.717) is 0 Å². The Balaban J connectivity index is 4.00. The molecule has 0 heterocycles. The number of carboxylic acid groups (broad SMARTS) is 1. The molecule has 0 aliphatic rings. The molecule has 0 aromatic rings. The topological polar surface area (TPSA) is 104 Å². The maximum Gasteiger partial charge on any atom is 0.320 e. The van der Waals surface area contributed by atoms with Gasteiger partial charge < -0.3 is 10.4 Å². The molecule has 0 saturated carbocycles. The molecule has 0 spiro atoms. The molecule has 0 rings (SSSR count). The third-order valence-electron chi connectivity index (χ3n) is 2.42. The van der Waals surface area contributed by atoms with Gasteiger partial charge in [-0.1, -0.05) is 20.3 Å². The van der Waals surface area contributed by atoms with E-state index in [2.05, 4.69) is 5.32 Å². The van der Waals surface area contributed by atoms with Gasteiger partial charge in [-0.3, -0.25) is 9.35 Å². The van der Waals surface area contributed by atoms with E-state index in [1.54, 1.807) is 0 Å². The van der Waals surface area contributed by atoms with Crippen LogP contribution < -0.4 is 5.32 Å². The molecule has 16 heavy (non-hydrogen) atoms. The van der Waals surface area contributed by atoms with Gasteiger partial charge >= 0.3 is 5.97 Å². The van der Waals surface area contributed by atoms with Gasteiger partial charge in [-0.15, -0.1) is 0 Å². The first kappa shape index (κ1) is 15.3. The molecule has 6 nitrogen and oxygen atoms in total. The van der Waals surface area contributed by atoms with Crippen LogP contribution in [-0.4, -0.2) is 42.4 Å². The summed E-state index contributed by atoms with van der Waals surface area (Å²) in [7, 11) is -3.96. The maximum atomic E-state index is 10.9. The van der Waals surface area contributed by atoms with E-state index in [-0.39, 0.29) is 24.6 Å². The minimum absolute atomic E-state index is 0.0248. The Morgan fingerprint density at radius 1 is 1.44 bits per heavy atom. The smallest absolute Gasteiger partial charge is 0.320 e. The summed E-state index contributed by atoms with van der Waals surface area (Å²) in [5.74, 6) is -1.32. The summed E-state index contributed by atoms with van der Waals surface area (Å²) >= 11 is 0. The number of hydrogen-bond acceptors (Lipinski definition) is 4. The Bertz CT molecular complexity index is 314. The van der Waals surface area contributed by atoms with Gasteiger partial charge in [0.1, 0.15) is 6.04 Å². The molecule has 3 N–H and O–H groups in total. The summed E-state index contributed by atoms with van der Waals surface area (Å²) in [4.78, 5) is 10.9. The normalized spacial score (nSPS) is 15.7. The van der Waals surface area contributed by atoms with Gasteiger partial charge in [0.15, 0.2) is 0 Å². The van der Waals surface area contributed by atoms with Crippen LogP contribution in [0.1, 0.15) is 26.7 Å². The minimum atomic E-state index is -3.96. The lowest BCUT2D eigenvalue weighted by Crippen LogP contribution is -2.42. The predicted molar refractivity (Wildman–Crippen MR) is 59.9 cm³/mol. The minimum Gasteiger partial charge on any atom is -0.480 e. The van der Waals surface area contributed by atoms with Crippen LogP contribution in [0, 0.1) is 5.92 Å². The van der Waals surface area contributed by atoms with Crippen LogP contribution in [0.4, 0.5) is 0 Å². The molecule has 0 amide bonds. The Hall–Kier alpha value is -0.660. The highest BCUT2D eigenvalue weighted by Crippen LogP contribution is 2.07. The van der Waals surface area contributed by atoms with Gasteiger partial charge in [0.05, 0.1) is 5.75 Å². The zero-order valence-corrected chi connectivity index (χ0v) is 10.3. The lowest BCUT2D eigenvalue weighted by Gasteiger charge is -2.19. The first-order chi connectivity index (χ1) is 7.28. The number of rotatable bonds is 8. The van der Waals surface area contributed by atoms with Crippen molar-refractivity contribution < 1.29 is 22.9 Å². The van der Waals surface area contributed by atoms with Crippen LogP contribution in [-0.2, 0) is 14.9 Å². The molecule has 0 aliphatic carbocycles. The van der Waals surface area contributed by atoms with Gasteiger partial charge in [-0.05, 0) is 18.9 Å². The van der Waals surface area contributed by atoms with Crippen molar-refractivity contribution in [1.29, 1.82) is 0 Å². The third-order valence-corrected chi connectivity index (χ3v) is 3.23. The summed E-state index contributed by atoms with van der Waals surface area (Å²) in [6, 6.07) is -0.675. The second-order valence-electron chi connectivity index (χ2n) is 3.80. The molecular formula is C9H19NO5S. The fraction of sp³-hybridized carbons (Fsp3) is 0.889. The number of nitrogens with one attached hydrogen (secondary N) is 1. The summed E-state index contributed by atoms with van der Waals surface area (Å²) < 4.78 is 29.3. The van der Waals surface area contributed by atoms with E-state index in [9.17, 15) is 13.2 Å². The van der Waals surface area contributed by atoms with E-state index in [0.717, 1.165) is 6.42 Å². The molecular weight excluding hydrogens is 234 g/mol. The molecule has 0 radical (unpaired) electrons. The fourth-order valence-electron chi connectivity index (χ4n) is 1.28. The Kier molecular flexibility index (Phi) is 6.54. The summed E-state index contributed by atoms with van der Waals surface area (Å²) in [6.07, 6.45) is 0.918. The molecule has 0 bridgehead atoms. The monoisotopic (exact) mass is 253 g/mol. The van der Waals surface area contributed by atoms with Crippen molar-refractivity contribution in [2.45, 2.75) is 32.7 Å². The van der Waals surface area contributed by atoms with E-state index in [1.807, 2.05) is 13.8 Å². The van der Waals surface area contributed by atoms with E-state index < -0.39 is 22.1 Å². The second-order valence-corrected chi connectivity index (χ2v) is 5.37. The highest BCUT2D eigenvalue weighted by molar-refractivity contribution is 7.85. The highest BCUT2D eigenvalue weighted by Gasteiger charge is 2.22. The molecule has 0 aromatic heterocycles. The molecule has 1 unspecified atom stereocenters. The molecule has 96 valence electrons. The zero-order chi connectivity index (χ0) is 12.8. The zero-order valence-electron chi connectivity index (χ0n) is 9.51. The molecule has 7 heteroatoms. The third kappa shape index (κ3) is 6.76. The number of carboxylic acids is 1. The van der Waals surface area contributed by atoms with Crippen LogP contribution in [0.2, 0.25) is 0 Å². The number of carbonyl (C=O) groups is 1. The van der Waals surface area contributed by atoms with Crippen LogP contribution in [0.3, 0.4) is 0 Å². The van der Waals surface area contributed by atoms with Gasteiger partial charge in [0, 0.05) is 0 Å². The first-order valence-electron chi connectivity index (χ1n) is 5.19. The first-order valence-corrected chi connectivity index (χ1v) is 6.80. The molecule has 0 saturated heterocycles. The lowest BCUT2D eigenvalue weighted by atomic mass is 9.99. The highest BCUT2D eigenvalue weighted by atomic mass is 32.2. The molecule has 2 atom stereocenters. The molecule has 0 aliphatic heterocycles. The summed E-state index contributed by atoms with van der Waals surface area (Å²) in [5.41, 5.74) is 0. The molecule has 0 aromatic carbocycles. The van der Waals surface area contributed by atoms with E-state index in [1.165, 1.54) is 0 Å². The van der Waals surface area contributed by atoms with Gasteiger partial charge in [-0.25, -0.2) is 0 Å². The van der Waals surface area contributed by atoms with Gasteiger partial charge in [-0.2, -0.15) is 8.42 Å². The van der Waals surface area contributed by atoms with Crippen LogP contribution in [0.25, 0.3) is 0 Å². The predicted octanol–water partition coefficient (Wildman–Crippen LogP) is 0.353. The summed E-state index contributed by atoms with van der Waals surface area (Å²) in [6.45, 7) is 3.95. The van der Waals surface area contributed by atoms with Crippen molar-refractivity contribution in [3.05, 3.63) is 0 Å². The molecule has 0 fully saturated rings. The second kappa shape index (κ2) is 6.82. The SMILES string of the molecule is CCC(C)[C@H](NCCCS(=O)(=O)O)C(=O)O. The van der Waals surface area contributed by atoms with Crippen molar-refractivity contribution in [3.63, 3.8) is 0 Å². The van der Waals surface area contributed by atoms with Crippen molar-refractivity contribution in [2.75, 3.05) is 12.3 Å². The Morgan fingerprint density at radius 3 is 2.38 bits per heavy atom. The van der Waals surface area contributed by atoms with Gasteiger partial charge in [0.25, 0.3) is 10.1 Å².